The molecule has 1 aliphatic carbocycles. The van der Waals surface area contributed by atoms with Gasteiger partial charge in [0, 0.05) is 18.8 Å². The molecule has 2 unspecified atom stereocenters. The topological polar surface area (TPSA) is 76.0 Å². The minimum Gasteiger partial charge on any atom is -0.469 e. The number of carbonyl (C=O) groups is 1. The third-order valence-corrected chi connectivity index (χ3v) is 4.89. The molecule has 0 radical (unpaired) electrons. The fourth-order valence-corrected chi connectivity index (χ4v) is 3.44. The SMILES string of the molecule is COC(=O)CCC/C=C\CC1CC(COCc2ccccc2)CC1(O)O. The van der Waals surface area contributed by atoms with Crippen LogP contribution in [0.15, 0.2) is 42.5 Å². The van der Waals surface area contributed by atoms with Crippen molar-refractivity contribution in [2.24, 2.45) is 11.8 Å². The minimum atomic E-state index is -1.63. The zero-order valence-corrected chi connectivity index (χ0v) is 15.5. The summed E-state index contributed by atoms with van der Waals surface area (Å²) in [5, 5.41) is 20.5. The van der Waals surface area contributed by atoms with Gasteiger partial charge in [-0.1, -0.05) is 42.5 Å². The standard InChI is InChI=1S/C21H30O5/c1-25-20(22)12-8-3-2-7-11-19-13-18(14-21(19,23)24)16-26-15-17-9-5-4-6-10-17/h2,4-7,9-10,18-19,23-24H,3,8,11-16H2,1H3/b7-2-. The molecule has 144 valence electrons. The second kappa shape index (κ2) is 10.5. The molecule has 1 aromatic rings. The molecule has 5 heteroatoms. The van der Waals surface area contributed by atoms with Gasteiger partial charge in [0.25, 0.3) is 0 Å². The number of methoxy groups -OCH3 is 1. The maximum atomic E-state index is 11.0. The molecule has 0 amide bonds. The van der Waals surface area contributed by atoms with Crippen molar-refractivity contribution >= 4 is 5.97 Å². The summed E-state index contributed by atoms with van der Waals surface area (Å²) >= 11 is 0. The molecule has 26 heavy (non-hydrogen) atoms. The maximum Gasteiger partial charge on any atom is 0.305 e. The van der Waals surface area contributed by atoms with Crippen LogP contribution in [0.25, 0.3) is 0 Å². The Kier molecular flexibility index (Phi) is 8.29. The van der Waals surface area contributed by atoms with Gasteiger partial charge in [-0.3, -0.25) is 4.79 Å². The molecular weight excluding hydrogens is 332 g/mol. The van der Waals surface area contributed by atoms with Crippen molar-refractivity contribution < 1.29 is 24.5 Å². The van der Waals surface area contributed by atoms with Gasteiger partial charge in [-0.15, -0.1) is 0 Å². The molecular formula is C21H30O5. The van der Waals surface area contributed by atoms with E-state index in [0.717, 1.165) is 24.8 Å². The van der Waals surface area contributed by atoms with Crippen molar-refractivity contribution in [3.63, 3.8) is 0 Å². The van der Waals surface area contributed by atoms with E-state index in [-0.39, 0.29) is 17.8 Å². The smallest absolute Gasteiger partial charge is 0.305 e. The van der Waals surface area contributed by atoms with Crippen LogP contribution in [0, 0.1) is 11.8 Å². The van der Waals surface area contributed by atoms with E-state index in [1.165, 1.54) is 7.11 Å². The van der Waals surface area contributed by atoms with Gasteiger partial charge in [-0.25, -0.2) is 0 Å². The fourth-order valence-electron chi connectivity index (χ4n) is 3.44. The molecule has 1 fully saturated rings. The molecule has 1 saturated carbocycles. The van der Waals surface area contributed by atoms with E-state index in [0.29, 0.717) is 32.5 Å². The van der Waals surface area contributed by atoms with Crippen LogP contribution in [0.3, 0.4) is 0 Å². The Morgan fingerprint density at radius 3 is 2.77 bits per heavy atom. The van der Waals surface area contributed by atoms with Crippen molar-refractivity contribution in [3.05, 3.63) is 48.0 Å². The number of hydrogen-bond acceptors (Lipinski definition) is 5. The quantitative estimate of drug-likeness (QED) is 0.289. The summed E-state index contributed by atoms with van der Waals surface area (Å²) in [5.41, 5.74) is 1.12. The Morgan fingerprint density at radius 1 is 1.27 bits per heavy atom. The second-order valence-corrected chi connectivity index (χ2v) is 7.06. The van der Waals surface area contributed by atoms with Crippen LogP contribution < -0.4 is 0 Å². The zero-order valence-electron chi connectivity index (χ0n) is 15.5. The Balaban J connectivity index is 1.67. The normalized spacial score (nSPS) is 22.0. The number of allylic oxidation sites excluding steroid dienone is 2. The Labute approximate surface area is 155 Å². The highest BCUT2D eigenvalue weighted by atomic mass is 16.5. The second-order valence-electron chi connectivity index (χ2n) is 7.06. The van der Waals surface area contributed by atoms with Gasteiger partial charge in [0.15, 0.2) is 5.79 Å². The Hall–Kier alpha value is -1.69. The molecule has 1 aliphatic rings. The van der Waals surface area contributed by atoms with Gasteiger partial charge in [0.05, 0.1) is 20.3 Å². The van der Waals surface area contributed by atoms with Gasteiger partial charge in [-0.05, 0) is 37.2 Å². The molecule has 0 bridgehead atoms. The number of aliphatic hydroxyl groups is 2. The van der Waals surface area contributed by atoms with Crippen molar-refractivity contribution in [1.29, 1.82) is 0 Å². The van der Waals surface area contributed by atoms with Gasteiger partial charge in [0.2, 0.25) is 0 Å². The first kappa shape index (κ1) is 20.6. The van der Waals surface area contributed by atoms with E-state index >= 15 is 0 Å². The molecule has 2 atom stereocenters. The van der Waals surface area contributed by atoms with E-state index in [1.54, 1.807) is 0 Å². The number of hydrogen-bond donors (Lipinski definition) is 2. The number of ether oxygens (including phenoxy) is 2. The lowest BCUT2D eigenvalue weighted by Gasteiger charge is -2.22. The van der Waals surface area contributed by atoms with Crippen LogP contribution in [0.4, 0.5) is 0 Å². The van der Waals surface area contributed by atoms with Crippen LogP contribution in [-0.4, -0.2) is 35.7 Å². The summed E-state index contributed by atoms with van der Waals surface area (Å²) in [4.78, 5) is 11.0. The van der Waals surface area contributed by atoms with E-state index in [2.05, 4.69) is 4.74 Å². The average Bonchev–Trinajstić information content (AvgIpc) is 2.92. The van der Waals surface area contributed by atoms with Crippen molar-refractivity contribution in [2.45, 2.75) is 50.9 Å². The highest BCUT2D eigenvalue weighted by molar-refractivity contribution is 5.69. The van der Waals surface area contributed by atoms with E-state index in [1.807, 2.05) is 42.5 Å². The predicted octanol–water partition coefficient (Wildman–Crippen LogP) is 3.20. The molecule has 0 saturated heterocycles. The van der Waals surface area contributed by atoms with E-state index in [9.17, 15) is 15.0 Å². The molecule has 2 N–H and O–H groups in total. The highest BCUT2D eigenvalue weighted by Gasteiger charge is 2.43. The van der Waals surface area contributed by atoms with Gasteiger partial charge in [-0.2, -0.15) is 0 Å². The van der Waals surface area contributed by atoms with Crippen molar-refractivity contribution in [1.82, 2.24) is 0 Å². The molecule has 1 aromatic carbocycles. The predicted molar refractivity (Wildman–Crippen MR) is 99.1 cm³/mol. The summed E-state index contributed by atoms with van der Waals surface area (Å²) in [6, 6.07) is 9.97. The summed E-state index contributed by atoms with van der Waals surface area (Å²) in [7, 11) is 1.39. The first-order valence-corrected chi connectivity index (χ1v) is 9.29. The number of carbonyl (C=O) groups excluding carboxylic acids is 1. The molecule has 0 aliphatic heterocycles. The molecule has 0 heterocycles. The van der Waals surface area contributed by atoms with Crippen LogP contribution in [-0.2, 0) is 20.9 Å². The van der Waals surface area contributed by atoms with Gasteiger partial charge >= 0.3 is 5.97 Å². The van der Waals surface area contributed by atoms with E-state index in [4.69, 9.17) is 4.74 Å². The fraction of sp³-hybridized carbons (Fsp3) is 0.571. The largest absolute Gasteiger partial charge is 0.469 e. The lowest BCUT2D eigenvalue weighted by Crippen LogP contribution is -2.32. The molecule has 0 spiro atoms. The summed E-state index contributed by atoms with van der Waals surface area (Å²) in [6.07, 6.45) is 7.64. The zero-order chi connectivity index (χ0) is 18.8. The van der Waals surface area contributed by atoms with Gasteiger partial charge in [0.1, 0.15) is 0 Å². The van der Waals surface area contributed by atoms with Crippen LogP contribution in [0.5, 0.6) is 0 Å². The first-order valence-electron chi connectivity index (χ1n) is 9.29. The average molecular weight is 362 g/mol. The van der Waals surface area contributed by atoms with Crippen LogP contribution in [0.2, 0.25) is 0 Å². The Morgan fingerprint density at radius 2 is 2.04 bits per heavy atom. The minimum absolute atomic E-state index is 0.159. The summed E-state index contributed by atoms with van der Waals surface area (Å²) < 4.78 is 10.3. The monoisotopic (exact) mass is 362 g/mol. The third kappa shape index (κ3) is 6.90. The molecule has 0 aromatic heterocycles. The lowest BCUT2D eigenvalue weighted by molar-refractivity contribution is -0.186. The number of esters is 1. The van der Waals surface area contributed by atoms with Crippen LogP contribution >= 0.6 is 0 Å². The highest BCUT2D eigenvalue weighted by Crippen LogP contribution is 2.40. The summed E-state index contributed by atoms with van der Waals surface area (Å²) in [5.74, 6) is -1.84. The molecule has 2 rings (SSSR count). The molecule has 5 nitrogen and oxygen atoms in total. The first-order chi connectivity index (χ1) is 12.5. The van der Waals surface area contributed by atoms with Crippen LogP contribution in [0.1, 0.15) is 44.1 Å². The van der Waals surface area contributed by atoms with E-state index < -0.39 is 5.79 Å². The third-order valence-electron chi connectivity index (χ3n) is 4.89. The van der Waals surface area contributed by atoms with Crippen molar-refractivity contribution in [2.75, 3.05) is 13.7 Å². The Bertz CT molecular complexity index is 567. The number of unbranched alkanes of at least 4 members (excludes halogenated alkanes) is 1. The number of rotatable bonds is 10. The summed E-state index contributed by atoms with van der Waals surface area (Å²) in [6.45, 7) is 1.09. The number of benzene rings is 1. The van der Waals surface area contributed by atoms with Gasteiger partial charge < -0.3 is 19.7 Å². The maximum absolute atomic E-state index is 11.0. The lowest BCUT2D eigenvalue weighted by atomic mass is 9.97. The van der Waals surface area contributed by atoms with Crippen molar-refractivity contribution in [3.8, 4) is 0 Å².